The van der Waals surface area contributed by atoms with Crippen molar-refractivity contribution in [3.05, 3.63) is 29.8 Å². The molecule has 1 rings (SSSR count). The number of rotatable bonds is 8. The molecular weight excluding hydrogens is 266 g/mol. The molecule has 1 aromatic carbocycles. The van der Waals surface area contributed by atoms with Gasteiger partial charge in [-0.2, -0.15) is 0 Å². The number of para-hydroxylation sites is 1. The zero-order chi connectivity index (χ0) is 15.7. The van der Waals surface area contributed by atoms with Gasteiger partial charge in [0.2, 0.25) is 0 Å². The number of aliphatic imine (C=N–C) groups is 1. The van der Waals surface area contributed by atoms with Crippen molar-refractivity contribution >= 4 is 5.96 Å². The maximum atomic E-state index is 5.87. The highest BCUT2D eigenvalue weighted by Crippen LogP contribution is 2.19. The summed E-state index contributed by atoms with van der Waals surface area (Å²) in [4.78, 5) is 4.35. The normalized spacial score (nSPS) is 13.3. The Morgan fingerprint density at radius 1 is 1.24 bits per heavy atom. The zero-order valence-corrected chi connectivity index (χ0v) is 13.4. The molecule has 0 spiro atoms. The van der Waals surface area contributed by atoms with Crippen molar-refractivity contribution < 1.29 is 9.47 Å². The Labute approximate surface area is 127 Å². The standard InChI is InChI=1S/C16H27N3O2/c1-12(2)10-21-15-8-6-5-7-14(15)9-18-16(17)19-13(3)11-20-4/h5-8,12-13H,9-11H2,1-4H3,(H3,17,18,19). The second-order valence-electron chi connectivity index (χ2n) is 5.51. The van der Waals surface area contributed by atoms with Crippen molar-refractivity contribution in [1.29, 1.82) is 0 Å². The lowest BCUT2D eigenvalue weighted by Gasteiger charge is -2.14. The number of methoxy groups -OCH3 is 1. The van der Waals surface area contributed by atoms with E-state index in [-0.39, 0.29) is 6.04 Å². The molecule has 118 valence electrons. The molecule has 1 unspecified atom stereocenters. The summed E-state index contributed by atoms with van der Waals surface area (Å²) in [5, 5.41) is 3.08. The van der Waals surface area contributed by atoms with E-state index in [1.54, 1.807) is 7.11 Å². The number of nitrogens with zero attached hydrogens (tertiary/aromatic N) is 1. The molecule has 21 heavy (non-hydrogen) atoms. The highest BCUT2D eigenvalue weighted by molar-refractivity contribution is 5.78. The lowest BCUT2D eigenvalue weighted by atomic mass is 10.2. The Hall–Kier alpha value is -1.75. The summed E-state index contributed by atoms with van der Waals surface area (Å²) in [5.41, 5.74) is 6.90. The minimum absolute atomic E-state index is 0.131. The Morgan fingerprint density at radius 2 is 1.95 bits per heavy atom. The minimum Gasteiger partial charge on any atom is -0.493 e. The molecule has 0 amide bonds. The molecule has 5 nitrogen and oxygen atoms in total. The van der Waals surface area contributed by atoms with Crippen molar-refractivity contribution in [3.8, 4) is 5.75 Å². The third-order valence-corrected chi connectivity index (χ3v) is 2.78. The second-order valence-corrected chi connectivity index (χ2v) is 5.51. The Balaban J connectivity index is 2.61. The highest BCUT2D eigenvalue weighted by atomic mass is 16.5. The van der Waals surface area contributed by atoms with Crippen LogP contribution in [0.1, 0.15) is 26.3 Å². The first-order valence-electron chi connectivity index (χ1n) is 7.29. The molecule has 3 N–H and O–H groups in total. The van der Waals surface area contributed by atoms with E-state index in [2.05, 4.69) is 24.2 Å². The van der Waals surface area contributed by atoms with Crippen LogP contribution in [0.3, 0.4) is 0 Å². The molecule has 0 radical (unpaired) electrons. The molecule has 0 aliphatic rings. The van der Waals surface area contributed by atoms with Crippen molar-refractivity contribution in [1.82, 2.24) is 5.32 Å². The fraction of sp³-hybridized carbons (Fsp3) is 0.562. The van der Waals surface area contributed by atoms with Crippen molar-refractivity contribution in [2.75, 3.05) is 20.3 Å². The first-order valence-corrected chi connectivity index (χ1v) is 7.29. The summed E-state index contributed by atoms with van der Waals surface area (Å²) in [6, 6.07) is 8.04. The summed E-state index contributed by atoms with van der Waals surface area (Å²) >= 11 is 0. The number of hydrogen-bond acceptors (Lipinski definition) is 3. The molecule has 0 aromatic heterocycles. The molecule has 0 fully saturated rings. The maximum absolute atomic E-state index is 5.87. The van der Waals surface area contributed by atoms with E-state index >= 15 is 0 Å². The molecule has 0 aliphatic carbocycles. The number of nitrogens with one attached hydrogen (secondary N) is 1. The molecule has 5 heteroatoms. The van der Waals surface area contributed by atoms with Crippen LogP contribution in [0.5, 0.6) is 5.75 Å². The topological polar surface area (TPSA) is 68.9 Å². The maximum Gasteiger partial charge on any atom is 0.189 e. The zero-order valence-electron chi connectivity index (χ0n) is 13.4. The Kier molecular flexibility index (Phi) is 7.61. The van der Waals surface area contributed by atoms with Crippen molar-refractivity contribution in [2.45, 2.75) is 33.4 Å². The van der Waals surface area contributed by atoms with E-state index in [4.69, 9.17) is 15.2 Å². The van der Waals surface area contributed by atoms with E-state index in [1.165, 1.54) is 0 Å². The first kappa shape index (κ1) is 17.3. The van der Waals surface area contributed by atoms with Crippen LogP contribution in [-0.2, 0) is 11.3 Å². The van der Waals surface area contributed by atoms with Gasteiger partial charge in [0.15, 0.2) is 5.96 Å². The van der Waals surface area contributed by atoms with Gasteiger partial charge in [-0.1, -0.05) is 32.0 Å². The van der Waals surface area contributed by atoms with Crippen LogP contribution in [0.4, 0.5) is 0 Å². The molecule has 0 saturated heterocycles. The summed E-state index contributed by atoms with van der Waals surface area (Å²) < 4.78 is 10.8. The number of ether oxygens (including phenoxy) is 2. The van der Waals surface area contributed by atoms with E-state index in [9.17, 15) is 0 Å². The van der Waals surface area contributed by atoms with E-state index in [0.29, 0.717) is 31.6 Å². The third kappa shape index (κ3) is 6.99. The minimum atomic E-state index is 0.131. The average molecular weight is 293 g/mol. The smallest absolute Gasteiger partial charge is 0.189 e. The van der Waals surface area contributed by atoms with Crippen LogP contribution in [0.2, 0.25) is 0 Å². The highest BCUT2D eigenvalue weighted by Gasteiger charge is 2.05. The van der Waals surface area contributed by atoms with Crippen LogP contribution < -0.4 is 15.8 Å². The van der Waals surface area contributed by atoms with Crippen LogP contribution in [-0.4, -0.2) is 32.3 Å². The quantitative estimate of drug-likeness (QED) is 0.569. The number of benzene rings is 1. The van der Waals surface area contributed by atoms with Gasteiger partial charge in [-0.15, -0.1) is 0 Å². The Morgan fingerprint density at radius 3 is 2.62 bits per heavy atom. The summed E-state index contributed by atoms with van der Waals surface area (Å²) in [6.45, 7) is 8.02. The molecule has 0 aliphatic heterocycles. The molecule has 1 aromatic rings. The number of hydrogen-bond donors (Lipinski definition) is 2. The fourth-order valence-electron chi connectivity index (χ4n) is 1.79. The van der Waals surface area contributed by atoms with Gasteiger partial charge in [0.1, 0.15) is 5.75 Å². The lowest BCUT2D eigenvalue weighted by Crippen LogP contribution is -2.40. The van der Waals surface area contributed by atoms with Crippen LogP contribution in [0.25, 0.3) is 0 Å². The lowest BCUT2D eigenvalue weighted by molar-refractivity contribution is 0.179. The fourth-order valence-corrected chi connectivity index (χ4v) is 1.79. The molecular formula is C16H27N3O2. The van der Waals surface area contributed by atoms with Crippen LogP contribution in [0, 0.1) is 5.92 Å². The van der Waals surface area contributed by atoms with Crippen molar-refractivity contribution in [3.63, 3.8) is 0 Å². The monoisotopic (exact) mass is 293 g/mol. The SMILES string of the molecule is COCC(C)NC(N)=NCc1ccccc1OCC(C)C. The van der Waals surface area contributed by atoms with E-state index < -0.39 is 0 Å². The summed E-state index contributed by atoms with van der Waals surface area (Å²) in [6.07, 6.45) is 0. The average Bonchev–Trinajstić information content (AvgIpc) is 2.43. The largest absolute Gasteiger partial charge is 0.493 e. The summed E-state index contributed by atoms with van der Waals surface area (Å²) in [5.74, 6) is 1.77. The summed E-state index contributed by atoms with van der Waals surface area (Å²) in [7, 11) is 1.66. The van der Waals surface area contributed by atoms with Crippen LogP contribution >= 0.6 is 0 Å². The van der Waals surface area contributed by atoms with Gasteiger partial charge in [-0.25, -0.2) is 4.99 Å². The number of guanidine groups is 1. The van der Waals surface area contributed by atoms with Gasteiger partial charge in [-0.05, 0) is 18.9 Å². The predicted molar refractivity (Wildman–Crippen MR) is 86.6 cm³/mol. The van der Waals surface area contributed by atoms with Crippen LogP contribution in [0.15, 0.2) is 29.3 Å². The van der Waals surface area contributed by atoms with Gasteiger partial charge in [0.05, 0.1) is 19.8 Å². The predicted octanol–water partition coefficient (Wildman–Crippen LogP) is 2.16. The van der Waals surface area contributed by atoms with Gasteiger partial charge < -0.3 is 20.5 Å². The van der Waals surface area contributed by atoms with E-state index in [0.717, 1.165) is 11.3 Å². The molecule has 0 saturated carbocycles. The van der Waals surface area contributed by atoms with E-state index in [1.807, 2.05) is 31.2 Å². The molecule has 0 heterocycles. The van der Waals surface area contributed by atoms with Gasteiger partial charge >= 0.3 is 0 Å². The third-order valence-electron chi connectivity index (χ3n) is 2.78. The second kappa shape index (κ2) is 9.23. The van der Waals surface area contributed by atoms with Crippen molar-refractivity contribution in [2.24, 2.45) is 16.6 Å². The van der Waals surface area contributed by atoms with Gasteiger partial charge in [0, 0.05) is 18.7 Å². The van der Waals surface area contributed by atoms with Gasteiger partial charge in [0.25, 0.3) is 0 Å². The number of nitrogens with two attached hydrogens (primary N) is 1. The Bertz CT molecular complexity index is 447. The first-order chi connectivity index (χ1) is 10.0. The van der Waals surface area contributed by atoms with Gasteiger partial charge in [-0.3, -0.25) is 0 Å². The molecule has 0 bridgehead atoms. The molecule has 1 atom stereocenters.